The number of aliphatic hydroxyl groups is 1. The second-order valence-electron chi connectivity index (χ2n) is 2.59. The third kappa shape index (κ3) is 2.25. The topological polar surface area (TPSA) is 86.7 Å². The van der Waals surface area contributed by atoms with E-state index in [1.165, 1.54) is 6.07 Å². The standard InChI is InChI=1S/C8H10FNO3.ClH/c9-7-4(6(12)3-10)1-2-5(11)8(7)13;/h1-2,6,11-13H,3,10H2;1H. The Labute approximate surface area is 86.2 Å². The van der Waals surface area contributed by atoms with Gasteiger partial charge in [-0.1, -0.05) is 0 Å². The molecule has 0 fully saturated rings. The van der Waals surface area contributed by atoms with Gasteiger partial charge in [-0.3, -0.25) is 0 Å². The third-order valence-electron chi connectivity index (χ3n) is 1.71. The Bertz CT molecular complexity index is 322. The predicted octanol–water partition coefficient (Wildman–Crippen LogP) is 0.651. The number of rotatable bonds is 2. The molecule has 80 valence electrons. The van der Waals surface area contributed by atoms with Crippen LogP contribution >= 0.6 is 12.4 Å². The zero-order valence-corrected chi connectivity index (χ0v) is 7.96. The lowest BCUT2D eigenvalue weighted by atomic mass is 10.1. The van der Waals surface area contributed by atoms with Crippen LogP contribution in [0, 0.1) is 5.82 Å². The number of phenols is 2. The maximum Gasteiger partial charge on any atom is 0.194 e. The van der Waals surface area contributed by atoms with Crippen molar-refractivity contribution in [2.75, 3.05) is 6.54 Å². The van der Waals surface area contributed by atoms with E-state index in [1.807, 2.05) is 0 Å². The fourth-order valence-corrected chi connectivity index (χ4v) is 0.954. The first-order valence-corrected chi connectivity index (χ1v) is 3.66. The molecule has 5 N–H and O–H groups in total. The van der Waals surface area contributed by atoms with Gasteiger partial charge in [0.1, 0.15) is 0 Å². The lowest BCUT2D eigenvalue weighted by molar-refractivity contribution is 0.180. The molecule has 0 spiro atoms. The molecule has 1 rings (SSSR count). The highest BCUT2D eigenvalue weighted by Crippen LogP contribution is 2.31. The molecule has 1 atom stereocenters. The van der Waals surface area contributed by atoms with Crippen LogP contribution in [0.2, 0.25) is 0 Å². The number of nitrogens with two attached hydrogens (primary N) is 1. The lowest BCUT2D eigenvalue weighted by Crippen LogP contribution is -2.12. The number of benzene rings is 1. The van der Waals surface area contributed by atoms with Crippen molar-refractivity contribution in [3.63, 3.8) is 0 Å². The second kappa shape index (κ2) is 4.99. The summed E-state index contributed by atoms with van der Waals surface area (Å²) in [4.78, 5) is 0. The molecule has 0 aliphatic heterocycles. The first-order chi connectivity index (χ1) is 6.07. The monoisotopic (exact) mass is 223 g/mol. The molecular formula is C8H11ClFNO3. The average Bonchev–Trinajstić information content (AvgIpc) is 2.13. The van der Waals surface area contributed by atoms with E-state index in [2.05, 4.69) is 0 Å². The molecule has 1 aromatic rings. The lowest BCUT2D eigenvalue weighted by Gasteiger charge is -2.10. The molecule has 0 saturated heterocycles. The molecule has 0 heterocycles. The van der Waals surface area contributed by atoms with E-state index >= 15 is 0 Å². The van der Waals surface area contributed by atoms with Crippen molar-refractivity contribution in [3.8, 4) is 11.5 Å². The molecule has 0 aliphatic rings. The summed E-state index contributed by atoms with van der Waals surface area (Å²) in [5.41, 5.74) is 4.97. The van der Waals surface area contributed by atoms with Gasteiger partial charge < -0.3 is 21.1 Å². The summed E-state index contributed by atoms with van der Waals surface area (Å²) in [7, 11) is 0. The van der Waals surface area contributed by atoms with E-state index in [9.17, 15) is 4.39 Å². The van der Waals surface area contributed by atoms with Crippen LogP contribution in [0.3, 0.4) is 0 Å². The zero-order chi connectivity index (χ0) is 10.0. The highest BCUT2D eigenvalue weighted by Gasteiger charge is 2.16. The number of hydrogen-bond acceptors (Lipinski definition) is 4. The van der Waals surface area contributed by atoms with Crippen LogP contribution in [0.1, 0.15) is 11.7 Å². The van der Waals surface area contributed by atoms with Gasteiger partial charge >= 0.3 is 0 Å². The Balaban J connectivity index is 0.00000169. The molecule has 0 bridgehead atoms. The van der Waals surface area contributed by atoms with Crippen molar-refractivity contribution in [1.29, 1.82) is 0 Å². The van der Waals surface area contributed by atoms with Gasteiger partial charge in [-0.15, -0.1) is 12.4 Å². The van der Waals surface area contributed by atoms with E-state index in [0.717, 1.165) is 6.07 Å². The number of aromatic hydroxyl groups is 2. The Morgan fingerprint density at radius 3 is 2.43 bits per heavy atom. The van der Waals surface area contributed by atoms with E-state index < -0.39 is 23.4 Å². The number of halogens is 2. The Morgan fingerprint density at radius 2 is 1.93 bits per heavy atom. The van der Waals surface area contributed by atoms with Gasteiger partial charge in [0.2, 0.25) is 0 Å². The minimum absolute atomic E-state index is 0. The Morgan fingerprint density at radius 1 is 1.36 bits per heavy atom. The number of hydrogen-bond donors (Lipinski definition) is 4. The molecule has 0 amide bonds. The highest BCUT2D eigenvalue weighted by molar-refractivity contribution is 5.85. The summed E-state index contributed by atoms with van der Waals surface area (Å²) in [5.74, 6) is -2.48. The molecule has 0 aromatic heterocycles. The summed E-state index contributed by atoms with van der Waals surface area (Å²) >= 11 is 0. The summed E-state index contributed by atoms with van der Waals surface area (Å²) < 4.78 is 13.1. The van der Waals surface area contributed by atoms with Crippen LogP contribution in [-0.4, -0.2) is 21.9 Å². The summed E-state index contributed by atoms with van der Waals surface area (Å²) in [6.07, 6.45) is -1.17. The van der Waals surface area contributed by atoms with Crippen LogP contribution in [0.4, 0.5) is 4.39 Å². The summed E-state index contributed by atoms with van der Waals surface area (Å²) in [5, 5.41) is 27.0. The fourth-order valence-electron chi connectivity index (χ4n) is 0.954. The van der Waals surface area contributed by atoms with Gasteiger partial charge in [0.05, 0.1) is 6.10 Å². The van der Waals surface area contributed by atoms with Crippen molar-refractivity contribution in [2.45, 2.75) is 6.10 Å². The first-order valence-electron chi connectivity index (χ1n) is 3.66. The van der Waals surface area contributed by atoms with Crippen molar-refractivity contribution in [1.82, 2.24) is 0 Å². The van der Waals surface area contributed by atoms with Crippen molar-refractivity contribution in [3.05, 3.63) is 23.5 Å². The molecular weight excluding hydrogens is 213 g/mol. The van der Waals surface area contributed by atoms with Crippen molar-refractivity contribution < 1.29 is 19.7 Å². The molecule has 6 heteroatoms. The van der Waals surface area contributed by atoms with Gasteiger partial charge in [0.25, 0.3) is 0 Å². The zero-order valence-electron chi connectivity index (χ0n) is 7.14. The van der Waals surface area contributed by atoms with E-state index in [0.29, 0.717) is 0 Å². The molecule has 1 unspecified atom stereocenters. The van der Waals surface area contributed by atoms with E-state index in [4.69, 9.17) is 21.1 Å². The smallest absolute Gasteiger partial charge is 0.194 e. The third-order valence-corrected chi connectivity index (χ3v) is 1.71. The molecule has 0 aliphatic carbocycles. The number of phenolic OH excluding ortho intramolecular Hbond substituents is 2. The maximum atomic E-state index is 13.1. The quantitative estimate of drug-likeness (QED) is 0.555. The predicted molar refractivity (Wildman–Crippen MR) is 51.0 cm³/mol. The summed E-state index contributed by atoms with van der Waals surface area (Å²) in [6.45, 7) is -0.152. The SMILES string of the molecule is Cl.NCC(O)c1ccc(O)c(O)c1F. The average molecular weight is 224 g/mol. The van der Waals surface area contributed by atoms with Crippen molar-refractivity contribution in [2.24, 2.45) is 5.73 Å². The minimum Gasteiger partial charge on any atom is -0.504 e. The minimum atomic E-state index is -1.17. The van der Waals surface area contributed by atoms with Gasteiger partial charge in [0, 0.05) is 12.1 Å². The second-order valence-corrected chi connectivity index (χ2v) is 2.59. The van der Waals surface area contributed by atoms with Crippen molar-refractivity contribution >= 4 is 12.4 Å². The first kappa shape index (κ1) is 13.0. The fraction of sp³-hybridized carbons (Fsp3) is 0.250. The Kier molecular flexibility index (Phi) is 4.62. The molecule has 14 heavy (non-hydrogen) atoms. The van der Waals surface area contributed by atoms with Crippen LogP contribution < -0.4 is 5.73 Å². The molecule has 1 aromatic carbocycles. The van der Waals surface area contributed by atoms with Crippen LogP contribution in [-0.2, 0) is 0 Å². The Hall–Kier alpha value is -1.04. The van der Waals surface area contributed by atoms with E-state index in [1.54, 1.807) is 0 Å². The maximum absolute atomic E-state index is 13.1. The molecule has 0 saturated carbocycles. The van der Waals surface area contributed by atoms with E-state index in [-0.39, 0.29) is 24.5 Å². The highest BCUT2D eigenvalue weighted by atomic mass is 35.5. The van der Waals surface area contributed by atoms with Gasteiger partial charge in [-0.05, 0) is 12.1 Å². The molecule has 4 nitrogen and oxygen atoms in total. The normalized spacial score (nSPS) is 11.9. The van der Waals surface area contributed by atoms with Crippen LogP contribution in [0.25, 0.3) is 0 Å². The van der Waals surface area contributed by atoms with Crippen LogP contribution in [0.15, 0.2) is 12.1 Å². The number of aliphatic hydroxyl groups excluding tert-OH is 1. The van der Waals surface area contributed by atoms with Gasteiger partial charge in [0.15, 0.2) is 17.3 Å². The summed E-state index contributed by atoms with van der Waals surface area (Å²) in [6, 6.07) is 2.26. The van der Waals surface area contributed by atoms with Gasteiger partial charge in [-0.2, -0.15) is 0 Å². The largest absolute Gasteiger partial charge is 0.504 e. The van der Waals surface area contributed by atoms with Gasteiger partial charge in [-0.25, -0.2) is 4.39 Å². The van der Waals surface area contributed by atoms with Crippen LogP contribution in [0.5, 0.6) is 11.5 Å². The molecule has 0 radical (unpaired) electrons.